The Bertz CT molecular complexity index is 979. The van der Waals surface area contributed by atoms with Crippen molar-refractivity contribution in [3.8, 4) is 0 Å². The molecule has 0 unspecified atom stereocenters. The highest BCUT2D eigenvalue weighted by atomic mass is 16.2. The summed E-state index contributed by atoms with van der Waals surface area (Å²) in [5.74, 6) is 1.41. The van der Waals surface area contributed by atoms with E-state index in [9.17, 15) is 4.79 Å². The van der Waals surface area contributed by atoms with E-state index in [0.29, 0.717) is 5.92 Å². The van der Waals surface area contributed by atoms with E-state index in [2.05, 4.69) is 63.9 Å². The molecule has 2 aromatic carbocycles. The summed E-state index contributed by atoms with van der Waals surface area (Å²) in [4.78, 5) is 25.6. The molecule has 0 bridgehead atoms. The van der Waals surface area contributed by atoms with Crippen molar-refractivity contribution in [2.75, 3.05) is 26.2 Å². The predicted octanol–water partition coefficient (Wildman–Crippen LogP) is 3.90. The van der Waals surface area contributed by atoms with Gasteiger partial charge in [-0.2, -0.15) is 0 Å². The van der Waals surface area contributed by atoms with Crippen LogP contribution in [0.5, 0.6) is 0 Å². The van der Waals surface area contributed by atoms with Crippen molar-refractivity contribution in [3.63, 3.8) is 0 Å². The molecule has 1 aliphatic rings. The number of aryl methyl sites for hydroxylation is 1. The number of hydrogen-bond donors (Lipinski definition) is 1. The SMILES string of the molecule is Cc1nc2ccc(C(=O)N3CCN(CCc4ccccc4)C[C@@H]3C(C)C)cc2[nH]1. The first-order valence-corrected chi connectivity index (χ1v) is 10.5. The molecule has 1 atom stereocenters. The topological polar surface area (TPSA) is 52.2 Å². The van der Waals surface area contributed by atoms with Gasteiger partial charge in [-0.1, -0.05) is 44.2 Å². The number of carbonyl (C=O) groups excluding carboxylic acids is 1. The number of imidazole rings is 1. The highest BCUT2D eigenvalue weighted by Gasteiger charge is 2.32. The lowest BCUT2D eigenvalue weighted by atomic mass is 9.98. The average Bonchev–Trinajstić information content (AvgIpc) is 3.11. The minimum Gasteiger partial charge on any atom is -0.342 e. The molecule has 0 saturated carbocycles. The Hall–Kier alpha value is -2.66. The molecule has 5 nitrogen and oxygen atoms in total. The van der Waals surface area contributed by atoms with Crippen molar-refractivity contribution < 1.29 is 4.79 Å². The van der Waals surface area contributed by atoms with E-state index in [1.165, 1.54) is 5.56 Å². The molecular weight excluding hydrogens is 360 g/mol. The Morgan fingerprint density at radius 3 is 2.72 bits per heavy atom. The van der Waals surface area contributed by atoms with E-state index in [4.69, 9.17) is 0 Å². The number of rotatable bonds is 5. The molecule has 1 N–H and O–H groups in total. The van der Waals surface area contributed by atoms with Crippen LogP contribution in [0, 0.1) is 12.8 Å². The van der Waals surface area contributed by atoms with Crippen LogP contribution < -0.4 is 0 Å². The number of aromatic amines is 1. The van der Waals surface area contributed by atoms with Gasteiger partial charge in [-0.15, -0.1) is 0 Å². The fourth-order valence-corrected chi connectivity index (χ4v) is 4.26. The Balaban J connectivity index is 1.46. The normalized spacial score (nSPS) is 17.9. The maximum atomic E-state index is 13.3. The van der Waals surface area contributed by atoms with Crippen molar-refractivity contribution in [2.24, 2.45) is 5.92 Å². The molecule has 1 aromatic heterocycles. The van der Waals surface area contributed by atoms with Crippen LogP contribution in [0.1, 0.15) is 35.6 Å². The Morgan fingerprint density at radius 1 is 1.17 bits per heavy atom. The molecule has 2 heterocycles. The second-order valence-electron chi connectivity index (χ2n) is 8.40. The van der Waals surface area contributed by atoms with Crippen LogP contribution in [0.15, 0.2) is 48.5 Å². The molecule has 1 amide bonds. The highest BCUT2D eigenvalue weighted by Crippen LogP contribution is 2.22. The number of hydrogen-bond acceptors (Lipinski definition) is 3. The largest absolute Gasteiger partial charge is 0.342 e. The molecule has 0 radical (unpaired) electrons. The molecule has 1 saturated heterocycles. The fourth-order valence-electron chi connectivity index (χ4n) is 4.26. The standard InChI is InChI=1S/C24H30N4O/c1-17(2)23-16-27(12-11-19-7-5-4-6-8-19)13-14-28(23)24(29)20-9-10-21-22(15-20)26-18(3)25-21/h4-10,15,17,23H,11-14,16H2,1-3H3,(H,25,26)/t23-/m1/s1. The van der Waals surface area contributed by atoms with Crippen LogP contribution in [0.25, 0.3) is 11.0 Å². The summed E-state index contributed by atoms with van der Waals surface area (Å²) in [7, 11) is 0. The molecule has 4 rings (SSSR count). The molecule has 5 heteroatoms. The number of piperazine rings is 1. The van der Waals surface area contributed by atoms with Crippen molar-refractivity contribution in [1.29, 1.82) is 0 Å². The second kappa shape index (κ2) is 8.37. The van der Waals surface area contributed by atoms with Crippen LogP contribution >= 0.6 is 0 Å². The molecule has 1 aliphatic heterocycles. The number of nitrogens with one attached hydrogen (secondary N) is 1. The van der Waals surface area contributed by atoms with Gasteiger partial charge in [-0.25, -0.2) is 4.98 Å². The third-order valence-corrected chi connectivity index (χ3v) is 5.94. The molecular formula is C24H30N4O. The lowest BCUT2D eigenvalue weighted by molar-refractivity contribution is 0.0350. The van der Waals surface area contributed by atoms with Gasteiger partial charge in [0.15, 0.2) is 0 Å². The van der Waals surface area contributed by atoms with Crippen molar-refractivity contribution >= 4 is 16.9 Å². The smallest absolute Gasteiger partial charge is 0.254 e. The van der Waals surface area contributed by atoms with Gasteiger partial charge >= 0.3 is 0 Å². The van der Waals surface area contributed by atoms with Gasteiger partial charge < -0.3 is 9.88 Å². The summed E-state index contributed by atoms with van der Waals surface area (Å²) >= 11 is 0. The predicted molar refractivity (Wildman–Crippen MR) is 117 cm³/mol. The van der Waals surface area contributed by atoms with Crippen molar-refractivity contribution in [2.45, 2.75) is 33.2 Å². The first kappa shape index (κ1) is 19.6. The minimum absolute atomic E-state index is 0.126. The molecule has 29 heavy (non-hydrogen) atoms. The summed E-state index contributed by atoms with van der Waals surface area (Å²) in [6.45, 7) is 10.0. The van der Waals surface area contributed by atoms with Gasteiger partial charge in [0.1, 0.15) is 5.82 Å². The molecule has 0 spiro atoms. The molecule has 1 fully saturated rings. The summed E-state index contributed by atoms with van der Waals surface area (Å²) < 4.78 is 0. The fraction of sp³-hybridized carbons (Fsp3) is 0.417. The number of amides is 1. The third-order valence-electron chi connectivity index (χ3n) is 5.94. The van der Waals surface area contributed by atoms with E-state index in [-0.39, 0.29) is 11.9 Å². The average molecular weight is 391 g/mol. The Labute approximate surface area is 172 Å². The summed E-state index contributed by atoms with van der Waals surface area (Å²) in [5, 5.41) is 0. The van der Waals surface area contributed by atoms with Crippen LogP contribution in [0.2, 0.25) is 0 Å². The van der Waals surface area contributed by atoms with Gasteiger partial charge in [0, 0.05) is 37.8 Å². The maximum Gasteiger partial charge on any atom is 0.254 e. The number of H-pyrrole nitrogens is 1. The lowest BCUT2D eigenvalue weighted by Crippen LogP contribution is -2.57. The van der Waals surface area contributed by atoms with Crippen LogP contribution in [0.3, 0.4) is 0 Å². The zero-order valence-corrected chi connectivity index (χ0v) is 17.6. The highest BCUT2D eigenvalue weighted by molar-refractivity contribution is 5.97. The van der Waals surface area contributed by atoms with Gasteiger partial charge in [-0.05, 0) is 43.0 Å². The summed E-state index contributed by atoms with van der Waals surface area (Å²) in [5.41, 5.74) is 3.95. The van der Waals surface area contributed by atoms with E-state index < -0.39 is 0 Å². The van der Waals surface area contributed by atoms with Crippen LogP contribution in [-0.4, -0.2) is 57.9 Å². The monoisotopic (exact) mass is 390 g/mol. The molecule has 0 aliphatic carbocycles. The number of nitrogens with zero attached hydrogens (tertiary/aromatic N) is 3. The molecule has 152 valence electrons. The first-order valence-electron chi connectivity index (χ1n) is 10.5. The van der Waals surface area contributed by atoms with E-state index in [1.807, 2.05) is 25.1 Å². The van der Waals surface area contributed by atoms with Gasteiger partial charge in [-0.3, -0.25) is 9.69 Å². The Morgan fingerprint density at radius 2 is 1.97 bits per heavy atom. The van der Waals surface area contributed by atoms with E-state index >= 15 is 0 Å². The lowest BCUT2D eigenvalue weighted by Gasteiger charge is -2.43. The van der Waals surface area contributed by atoms with Crippen molar-refractivity contribution in [3.05, 3.63) is 65.5 Å². The number of benzene rings is 2. The zero-order valence-electron chi connectivity index (χ0n) is 17.6. The zero-order chi connectivity index (χ0) is 20.4. The quantitative estimate of drug-likeness (QED) is 0.719. The van der Waals surface area contributed by atoms with Gasteiger partial charge in [0.05, 0.1) is 11.0 Å². The Kier molecular flexibility index (Phi) is 5.67. The number of fused-ring (bicyclic) bond motifs is 1. The number of carbonyl (C=O) groups is 1. The third kappa shape index (κ3) is 4.35. The molecule has 3 aromatic rings. The van der Waals surface area contributed by atoms with Crippen LogP contribution in [-0.2, 0) is 6.42 Å². The summed E-state index contributed by atoms with van der Waals surface area (Å²) in [6.07, 6.45) is 1.05. The minimum atomic E-state index is 0.126. The van der Waals surface area contributed by atoms with Gasteiger partial charge in [0.25, 0.3) is 5.91 Å². The summed E-state index contributed by atoms with van der Waals surface area (Å²) in [6, 6.07) is 16.6. The maximum absolute atomic E-state index is 13.3. The van der Waals surface area contributed by atoms with Gasteiger partial charge in [0.2, 0.25) is 0 Å². The van der Waals surface area contributed by atoms with Crippen molar-refractivity contribution in [1.82, 2.24) is 19.8 Å². The first-order chi connectivity index (χ1) is 14.0. The van der Waals surface area contributed by atoms with Crippen LogP contribution in [0.4, 0.5) is 0 Å². The number of aromatic nitrogens is 2. The second-order valence-corrected chi connectivity index (χ2v) is 8.40. The van der Waals surface area contributed by atoms with E-state index in [0.717, 1.165) is 55.0 Å². The van der Waals surface area contributed by atoms with E-state index in [1.54, 1.807) is 0 Å².